The molecule has 1 saturated heterocycles. The summed E-state index contributed by atoms with van der Waals surface area (Å²) in [5.74, 6) is 1.09. The number of hydrogen-bond donors (Lipinski definition) is 1. The summed E-state index contributed by atoms with van der Waals surface area (Å²) in [6, 6.07) is 18.5. The third-order valence-corrected chi connectivity index (χ3v) is 5.61. The predicted molar refractivity (Wildman–Crippen MR) is 122 cm³/mol. The second kappa shape index (κ2) is 10.7. The summed E-state index contributed by atoms with van der Waals surface area (Å²) in [5, 5.41) is 6.94. The van der Waals surface area contributed by atoms with E-state index in [4.69, 9.17) is 14.0 Å². The van der Waals surface area contributed by atoms with Gasteiger partial charge < -0.3 is 24.2 Å². The van der Waals surface area contributed by atoms with E-state index in [2.05, 4.69) is 10.5 Å². The number of nitrogens with zero attached hydrogens (tertiary/aromatic N) is 2. The van der Waals surface area contributed by atoms with Gasteiger partial charge in [0.15, 0.2) is 18.1 Å². The summed E-state index contributed by atoms with van der Waals surface area (Å²) in [5.41, 5.74) is 1.53. The zero-order valence-electron chi connectivity index (χ0n) is 18.5. The van der Waals surface area contributed by atoms with Crippen LogP contribution in [0.1, 0.15) is 23.4 Å². The van der Waals surface area contributed by atoms with Gasteiger partial charge in [-0.2, -0.15) is 0 Å². The Kier molecular flexibility index (Phi) is 7.24. The molecule has 2 aromatic carbocycles. The van der Waals surface area contributed by atoms with Gasteiger partial charge in [-0.25, -0.2) is 0 Å². The van der Waals surface area contributed by atoms with Crippen LogP contribution in [0.5, 0.6) is 11.5 Å². The van der Waals surface area contributed by atoms with Gasteiger partial charge in [0.25, 0.3) is 11.8 Å². The number of nitrogens with one attached hydrogen (secondary N) is 1. The Balaban J connectivity index is 1.26. The molecule has 3 aromatic rings. The minimum absolute atomic E-state index is 0.101. The average Bonchev–Trinajstić information content (AvgIpc) is 3.37. The summed E-state index contributed by atoms with van der Waals surface area (Å²) in [7, 11) is 1.56. The van der Waals surface area contributed by atoms with Crippen LogP contribution in [-0.4, -0.2) is 55.2 Å². The summed E-state index contributed by atoms with van der Waals surface area (Å²) in [6.45, 7) is 1.58. The van der Waals surface area contributed by atoms with E-state index in [1.54, 1.807) is 30.2 Å². The van der Waals surface area contributed by atoms with Gasteiger partial charge >= 0.3 is 0 Å². The van der Waals surface area contributed by atoms with Crippen LogP contribution in [0.2, 0.25) is 0 Å². The number of carbonyl (C=O) groups is 2. The molecule has 1 fully saturated rings. The first-order valence-corrected chi connectivity index (χ1v) is 11.0. The molecule has 1 aromatic heterocycles. The van der Waals surface area contributed by atoms with Crippen molar-refractivity contribution in [3.05, 3.63) is 66.4 Å². The minimum atomic E-state index is -0.216. The van der Waals surface area contributed by atoms with Crippen molar-refractivity contribution in [1.29, 1.82) is 0 Å². The molecular weight excluding hydrogens is 422 g/mol. The van der Waals surface area contributed by atoms with E-state index in [0.717, 1.165) is 18.4 Å². The van der Waals surface area contributed by atoms with E-state index in [0.29, 0.717) is 36.8 Å². The van der Waals surface area contributed by atoms with Crippen molar-refractivity contribution in [3.63, 3.8) is 0 Å². The number of aromatic nitrogens is 1. The highest BCUT2D eigenvalue weighted by molar-refractivity contribution is 5.92. The monoisotopic (exact) mass is 449 g/mol. The Morgan fingerprint density at radius 2 is 1.88 bits per heavy atom. The molecule has 1 atom stereocenters. The summed E-state index contributed by atoms with van der Waals surface area (Å²) < 4.78 is 16.1. The van der Waals surface area contributed by atoms with E-state index in [1.807, 2.05) is 42.5 Å². The molecule has 1 unspecified atom stereocenters. The van der Waals surface area contributed by atoms with E-state index in [9.17, 15) is 9.59 Å². The highest BCUT2D eigenvalue weighted by atomic mass is 16.5. The first-order chi connectivity index (χ1) is 16.1. The molecule has 1 N–H and O–H groups in total. The maximum Gasteiger partial charge on any atom is 0.292 e. The number of ether oxygens (including phenoxy) is 2. The van der Waals surface area contributed by atoms with Crippen molar-refractivity contribution in [2.45, 2.75) is 12.8 Å². The third-order valence-electron chi connectivity index (χ3n) is 5.61. The molecule has 4 rings (SSSR count). The molecule has 0 radical (unpaired) electrons. The normalized spacial score (nSPS) is 15.7. The van der Waals surface area contributed by atoms with Crippen molar-refractivity contribution in [3.8, 4) is 22.8 Å². The molecule has 0 aliphatic carbocycles. The lowest BCUT2D eigenvalue weighted by Crippen LogP contribution is -2.44. The largest absolute Gasteiger partial charge is 0.493 e. The Hall–Kier alpha value is -3.81. The number of carbonyl (C=O) groups excluding carboxylic acids is 2. The van der Waals surface area contributed by atoms with Gasteiger partial charge in [-0.3, -0.25) is 9.59 Å². The topological polar surface area (TPSA) is 93.9 Å². The van der Waals surface area contributed by atoms with Gasteiger partial charge in [-0.05, 0) is 30.9 Å². The zero-order valence-corrected chi connectivity index (χ0v) is 18.5. The number of methoxy groups -OCH3 is 1. The smallest absolute Gasteiger partial charge is 0.292 e. The lowest BCUT2D eigenvalue weighted by molar-refractivity contribution is -0.123. The average molecular weight is 450 g/mol. The van der Waals surface area contributed by atoms with Gasteiger partial charge in [0.05, 0.1) is 7.11 Å². The molecule has 1 aliphatic heterocycles. The van der Waals surface area contributed by atoms with Crippen LogP contribution in [0.15, 0.2) is 65.2 Å². The molecular formula is C25H27N3O5. The molecule has 8 nitrogen and oxygen atoms in total. The fourth-order valence-electron chi connectivity index (χ4n) is 3.88. The molecule has 2 heterocycles. The molecule has 2 amide bonds. The number of para-hydroxylation sites is 2. The fourth-order valence-corrected chi connectivity index (χ4v) is 3.88. The van der Waals surface area contributed by atoms with Crippen LogP contribution in [0, 0.1) is 5.92 Å². The number of rotatable bonds is 8. The lowest BCUT2D eigenvalue weighted by atomic mass is 9.97. The van der Waals surface area contributed by atoms with Gasteiger partial charge in [-0.15, -0.1) is 0 Å². The first-order valence-electron chi connectivity index (χ1n) is 11.0. The van der Waals surface area contributed by atoms with Crippen molar-refractivity contribution < 1.29 is 23.6 Å². The Bertz CT molecular complexity index is 1080. The molecule has 33 heavy (non-hydrogen) atoms. The SMILES string of the molecule is COc1ccccc1OCC(=O)NCC1CCCN(C(=O)c2cc(-c3ccccc3)no2)C1. The van der Waals surface area contributed by atoms with Gasteiger partial charge in [0.1, 0.15) is 5.69 Å². The van der Waals surface area contributed by atoms with E-state index in [-0.39, 0.29) is 30.1 Å². The van der Waals surface area contributed by atoms with Crippen LogP contribution >= 0.6 is 0 Å². The Morgan fingerprint density at radius 3 is 2.67 bits per heavy atom. The van der Waals surface area contributed by atoms with Crippen molar-refractivity contribution in [2.75, 3.05) is 33.4 Å². The number of likely N-dealkylation sites (tertiary alicyclic amines) is 1. The maximum atomic E-state index is 12.9. The first kappa shape index (κ1) is 22.4. The standard InChI is InChI=1S/C25H27N3O5/c1-31-21-11-5-6-12-22(21)32-17-24(29)26-15-18-8-7-13-28(16-18)25(30)23-14-20(27-33-23)19-9-3-2-4-10-19/h2-6,9-12,14,18H,7-8,13,15-17H2,1H3,(H,26,29). The number of amides is 2. The minimum Gasteiger partial charge on any atom is -0.493 e. The quantitative estimate of drug-likeness (QED) is 0.567. The maximum absolute atomic E-state index is 12.9. The van der Waals surface area contributed by atoms with Crippen LogP contribution in [0.25, 0.3) is 11.3 Å². The number of piperidine rings is 1. The molecule has 8 heteroatoms. The third kappa shape index (κ3) is 5.71. The van der Waals surface area contributed by atoms with Crippen LogP contribution in [0.4, 0.5) is 0 Å². The fraction of sp³-hybridized carbons (Fsp3) is 0.320. The molecule has 1 aliphatic rings. The highest BCUT2D eigenvalue weighted by Crippen LogP contribution is 2.25. The van der Waals surface area contributed by atoms with Crippen molar-refractivity contribution in [2.24, 2.45) is 5.92 Å². The van der Waals surface area contributed by atoms with E-state index in [1.165, 1.54) is 0 Å². The van der Waals surface area contributed by atoms with Gasteiger partial charge in [-0.1, -0.05) is 47.6 Å². The second-order valence-electron chi connectivity index (χ2n) is 7.95. The zero-order chi connectivity index (χ0) is 23.0. The van der Waals surface area contributed by atoms with Crippen LogP contribution in [0.3, 0.4) is 0 Å². The Labute approximate surface area is 192 Å². The summed E-state index contributed by atoms with van der Waals surface area (Å²) in [4.78, 5) is 26.9. The van der Waals surface area contributed by atoms with E-state index >= 15 is 0 Å². The van der Waals surface area contributed by atoms with Crippen molar-refractivity contribution in [1.82, 2.24) is 15.4 Å². The summed E-state index contributed by atoms with van der Waals surface area (Å²) >= 11 is 0. The van der Waals surface area contributed by atoms with Gasteiger partial charge in [0.2, 0.25) is 5.76 Å². The van der Waals surface area contributed by atoms with Crippen LogP contribution < -0.4 is 14.8 Å². The molecule has 172 valence electrons. The van der Waals surface area contributed by atoms with E-state index < -0.39 is 0 Å². The summed E-state index contributed by atoms with van der Waals surface area (Å²) in [6.07, 6.45) is 1.80. The molecule has 0 bridgehead atoms. The highest BCUT2D eigenvalue weighted by Gasteiger charge is 2.27. The van der Waals surface area contributed by atoms with Gasteiger partial charge in [0, 0.05) is 31.3 Å². The molecule has 0 saturated carbocycles. The number of benzene rings is 2. The lowest BCUT2D eigenvalue weighted by Gasteiger charge is -2.32. The second-order valence-corrected chi connectivity index (χ2v) is 7.95. The van der Waals surface area contributed by atoms with Crippen LogP contribution in [-0.2, 0) is 4.79 Å². The predicted octanol–water partition coefficient (Wildman–Crippen LogP) is 3.40. The Morgan fingerprint density at radius 1 is 1.12 bits per heavy atom. The molecule has 0 spiro atoms. The van der Waals surface area contributed by atoms with Crippen molar-refractivity contribution >= 4 is 11.8 Å². The number of hydrogen-bond acceptors (Lipinski definition) is 6.